The number of carbonyl (C=O) groups excluding carboxylic acids is 2. The van der Waals surface area contributed by atoms with Gasteiger partial charge in [-0.05, 0) is 38.1 Å². The van der Waals surface area contributed by atoms with Crippen LogP contribution in [0.15, 0.2) is 36.4 Å². The van der Waals surface area contributed by atoms with Crippen LogP contribution in [0.5, 0.6) is 0 Å². The van der Waals surface area contributed by atoms with Gasteiger partial charge in [-0.1, -0.05) is 6.58 Å². The van der Waals surface area contributed by atoms with Crippen molar-refractivity contribution in [2.24, 2.45) is 0 Å². The van der Waals surface area contributed by atoms with E-state index >= 15 is 0 Å². The molecule has 0 aromatic heterocycles. The molecule has 1 atom stereocenters. The Hall–Kier alpha value is -2.17. The van der Waals surface area contributed by atoms with E-state index in [2.05, 4.69) is 11.9 Å². The van der Waals surface area contributed by atoms with E-state index in [-0.39, 0.29) is 23.8 Å². The molecule has 1 rings (SSSR count). The molecule has 102 valence electrons. The Kier molecular flexibility index (Phi) is 5.23. The molecule has 1 aromatic rings. The zero-order chi connectivity index (χ0) is 14.4. The Labute approximate surface area is 111 Å². The maximum atomic E-state index is 12.8. The van der Waals surface area contributed by atoms with Gasteiger partial charge in [-0.3, -0.25) is 4.79 Å². The number of carbonyl (C=O) groups is 2. The Balaban J connectivity index is 2.90. The van der Waals surface area contributed by atoms with Crippen LogP contribution in [0.3, 0.4) is 0 Å². The first-order valence-electron chi connectivity index (χ1n) is 5.84. The van der Waals surface area contributed by atoms with E-state index in [4.69, 9.17) is 4.74 Å². The average Bonchev–Trinajstić information content (AvgIpc) is 2.37. The molecule has 0 aliphatic heterocycles. The summed E-state index contributed by atoms with van der Waals surface area (Å²) in [5.74, 6) is -1.29. The number of hydrogen-bond donors (Lipinski definition) is 1. The summed E-state index contributed by atoms with van der Waals surface area (Å²) in [5.41, 5.74) is 0.602. The average molecular weight is 265 g/mol. The predicted octanol–water partition coefficient (Wildman–Crippen LogP) is 2.31. The van der Waals surface area contributed by atoms with Gasteiger partial charge in [0.05, 0.1) is 6.61 Å². The summed E-state index contributed by atoms with van der Waals surface area (Å²) in [6.07, 6.45) is 0. The molecule has 0 aliphatic rings. The molecule has 0 heterocycles. The van der Waals surface area contributed by atoms with Gasteiger partial charge in [0.25, 0.3) is 0 Å². The summed E-state index contributed by atoms with van der Waals surface area (Å²) in [6, 6.07) is 4.47. The highest BCUT2D eigenvalue weighted by Crippen LogP contribution is 2.14. The molecule has 0 spiro atoms. The lowest BCUT2D eigenvalue weighted by atomic mass is 10.1. The van der Waals surface area contributed by atoms with Crippen molar-refractivity contribution in [2.45, 2.75) is 19.9 Å². The quantitative estimate of drug-likeness (QED) is 0.633. The van der Waals surface area contributed by atoms with E-state index in [0.717, 1.165) is 0 Å². The van der Waals surface area contributed by atoms with Gasteiger partial charge in [-0.25, -0.2) is 9.18 Å². The van der Waals surface area contributed by atoms with Gasteiger partial charge < -0.3 is 10.1 Å². The highest BCUT2D eigenvalue weighted by Gasteiger charge is 2.25. The van der Waals surface area contributed by atoms with E-state index in [1.165, 1.54) is 31.2 Å². The van der Waals surface area contributed by atoms with Crippen molar-refractivity contribution in [3.63, 3.8) is 0 Å². The number of anilines is 1. The molecule has 0 bridgehead atoms. The third-order valence-electron chi connectivity index (χ3n) is 2.48. The first-order chi connectivity index (χ1) is 8.95. The molecule has 4 nitrogen and oxygen atoms in total. The minimum Gasteiger partial charge on any atom is -0.464 e. The standard InChI is InChI=1S/C14H16FNO3/c1-4-19-14(18)13(9(2)10(3)17)16-12-7-5-11(15)6-8-12/h5-8,13,16H,2,4H2,1,3H3. The van der Waals surface area contributed by atoms with Crippen LogP contribution in [0.1, 0.15) is 13.8 Å². The Morgan fingerprint density at radius 3 is 2.42 bits per heavy atom. The first-order valence-corrected chi connectivity index (χ1v) is 5.84. The number of rotatable bonds is 6. The summed E-state index contributed by atoms with van der Waals surface area (Å²) in [4.78, 5) is 23.1. The van der Waals surface area contributed by atoms with Crippen molar-refractivity contribution in [2.75, 3.05) is 11.9 Å². The molecular weight excluding hydrogens is 249 g/mol. The molecule has 1 aromatic carbocycles. The first kappa shape index (κ1) is 14.9. The van der Waals surface area contributed by atoms with E-state index in [1.807, 2.05) is 0 Å². The maximum absolute atomic E-state index is 12.8. The van der Waals surface area contributed by atoms with Crippen molar-refractivity contribution in [1.82, 2.24) is 0 Å². The van der Waals surface area contributed by atoms with Crippen LogP contribution >= 0.6 is 0 Å². The molecule has 0 fully saturated rings. The van der Waals surface area contributed by atoms with E-state index in [1.54, 1.807) is 6.92 Å². The number of nitrogens with one attached hydrogen (secondary N) is 1. The molecule has 0 saturated carbocycles. The molecule has 0 amide bonds. The fraction of sp³-hybridized carbons (Fsp3) is 0.286. The summed E-state index contributed by atoms with van der Waals surface area (Å²) >= 11 is 0. The van der Waals surface area contributed by atoms with E-state index in [0.29, 0.717) is 5.69 Å². The second kappa shape index (κ2) is 6.68. The summed E-state index contributed by atoms with van der Waals surface area (Å²) in [5, 5.41) is 2.81. The van der Waals surface area contributed by atoms with Crippen LogP contribution in [0.2, 0.25) is 0 Å². The fourth-order valence-corrected chi connectivity index (χ4v) is 1.43. The van der Waals surface area contributed by atoms with Gasteiger partial charge in [0.1, 0.15) is 5.82 Å². The third kappa shape index (κ3) is 4.21. The lowest BCUT2D eigenvalue weighted by Gasteiger charge is -2.19. The molecule has 0 radical (unpaired) electrons. The number of Topliss-reactive ketones (excluding diaryl/α,β-unsaturated/α-hetero) is 1. The Bertz CT molecular complexity index is 482. The monoisotopic (exact) mass is 265 g/mol. The van der Waals surface area contributed by atoms with Crippen molar-refractivity contribution < 1.29 is 18.7 Å². The van der Waals surface area contributed by atoms with Gasteiger partial charge in [0.15, 0.2) is 11.8 Å². The molecule has 0 saturated heterocycles. The van der Waals surface area contributed by atoms with Gasteiger partial charge in [-0.15, -0.1) is 0 Å². The molecule has 19 heavy (non-hydrogen) atoms. The lowest BCUT2D eigenvalue weighted by Crippen LogP contribution is -2.35. The number of benzene rings is 1. The van der Waals surface area contributed by atoms with Crippen LogP contribution in [-0.4, -0.2) is 24.4 Å². The van der Waals surface area contributed by atoms with Crippen LogP contribution < -0.4 is 5.32 Å². The van der Waals surface area contributed by atoms with Crippen molar-refractivity contribution in [1.29, 1.82) is 0 Å². The maximum Gasteiger partial charge on any atom is 0.333 e. The third-order valence-corrected chi connectivity index (χ3v) is 2.48. The van der Waals surface area contributed by atoms with E-state index in [9.17, 15) is 14.0 Å². The molecule has 1 unspecified atom stereocenters. The van der Waals surface area contributed by atoms with Crippen LogP contribution in [0, 0.1) is 5.82 Å². The van der Waals surface area contributed by atoms with Crippen LogP contribution in [-0.2, 0) is 14.3 Å². The second-order valence-electron chi connectivity index (χ2n) is 3.92. The van der Waals surface area contributed by atoms with Crippen LogP contribution in [0.4, 0.5) is 10.1 Å². The number of ketones is 1. The SMILES string of the molecule is C=C(C(C)=O)C(Nc1ccc(F)cc1)C(=O)OCC. The number of halogens is 1. The smallest absolute Gasteiger partial charge is 0.333 e. The minimum atomic E-state index is -0.970. The van der Waals surface area contributed by atoms with Gasteiger partial charge >= 0.3 is 5.97 Å². The largest absolute Gasteiger partial charge is 0.464 e. The summed E-state index contributed by atoms with van der Waals surface area (Å²) in [6.45, 7) is 6.78. The Morgan fingerprint density at radius 1 is 1.37 bits per heavy atom. The molecular formula is C14H16FNO3. The summed E-state index contributed by atoms with van der Waals surface area (Å²) in [7, 11) is 0. The van der Waals surface area contributed by atoms with Gasteiger partial charge in [0, 0.05) is 11.3 Å². The number of esters is 1. The summed E-state index contributed by atoms with van der Waals surface area (Å²) < 4.78 is 17.7. The van der Waals surface area contributed by atoms with Crippen molar-refractivity contribution in [3.8, 4) is 0 Å². The Morgan fingerprint density at radius 2 is 1.95 bits per heavy atom. The lowest BCUT2D eigenvalue weighted by molar-refractivity contribution is -0.143. The predicted molar refractivity (Wildman–Crippen MR) is 70.3 cm³/mol. The molecule has 0 aliphatic carbocycles. The second-order valence-corrected chi connectivity index (χ2v) is 3.92. The molecule has 5 heteroatoms. The molecule has 1 N–H and O–H groups in total. The van der Waals surface area contributed by atoms with Gasteiger partial charge in [-0.2, -0.15) is 0 Å². The number of ether oxygens (including phenoxy) is 1. The van der Waals surface area contributed by atoms with Gasteiger partial charge in [0.2, 0.25) is 0 Å². The highest BCUT2D eigenvalue weighted by atomic mass is 19.1. The zero-order valence-electron chi connectivity index (χ0n) is 10.9. The minimum absolute atomic E-state index is 0.0998. The number of hydrogen-bond acceptors (Lipinski definition) is 4. The normalized spacial score (nSPS) is 11.5. The topological polar surface area (TPSA) is 55.4 Å². The zero-order valence-corrected chi connectivity index (χ0v) is 10.9. The van der Waals surface area contributed by atoms with Crippen LogP contribution in [0.25, 0.3) is 0 Å². The van der Waals surface area contributed by atoms with Crippen molar-refractivity contribution in [3.05, 3.63) is 42.2 Å². The highest BCUT2D eigenvalue weighted by molar-refractivity contribution is 6.01. The van der Waals surface area contributed by atoms with Crippen molar-refractivity contribution >= 4 is 17.4 Å². The van der Waals surface area contributed by atoms with E-state index < -0.39 is 12.0 Å². The fourth-order valence-electron chi connectivity index (χ4n) is 1.43.